The van der Waals surface area contributed by atoms with Crippen molar-refractivity contribution in [2.45, 2.75) is 25.4 Å². The summed E-state index contributed by atoms with van der Waals surface area (Å²) < 4.78 is 76.3. The van der Waals surface area contributed by atoms with E-state index < -0.39 is 43.2 Å². The lowest BCUT2D eigenvalue weighted by molar-refractivity contribution is 0.564. The van der Waals surface area contributed by atoms with Gasteiger partial charge >= 0.3 is 0 Å². The van der Waals surface area contributed by atoms with E-state index in [1.165, 1.54) is 0 Å². The minimum atomic E-state index is -4.37. The van der Waals surface area contributed by atoms with Gasteiger partial charge in [0.25, 0.3) is 0 Å². The second-order valence-corrected chi connectivity index (χ2v) is 9.54. The van der Waals surface area contributed by atoms with Crippen LogP contribution in [-0.2, 0) is 31.6 Å². The average Bonchev–Trinajstić information content (AvgIpc) is 2.38. The van der Waals surface area contributed by atoms with E-state index in [1.807, 2.05) is 6.07 Å². The number of rotatable bonds is 6. The quantitative estimate of drug-likeness (QED) is 0.823. The van der Waals surface area contributed by atoms with Gasteiger partial charge in [-0.15, -0.1) is 4.13 Å². The molecule has 0 amide bonds. The molecule has 1 N–H and O–H groups in total. The Hall–Kier alpha value is -1.84. The number of aryl methyl sites for hydroxylation is 2. The molecule has 0 bridgehead atoms. The van der Waals surface area contributed by atoms with Crippen LogP contribution in [-0.4, -0.2) is 16.8 Å². The molecule has 9 heteroatoms. The van der Waals surface area contributed by atoms with E-state index in [0.29, 0.717) is 11.6 Å². The molecular weight excluding hydrogens is 372 g/mol. The number of hydrogen-bond donors (Lipinski definition) is 1. The summed E-state index contributed by atoms with van der Waals surface area (Å²) in [4.78, 5) is 0. The van der Waals surface area contributed by atoms with Crippen LogP contribution in [0.3, 0.4) is 0 Å². The maximum absolute atomic E-state index is 13.6. The van der Waals surface area contributed by atoms with E-state index >= 15 is 0 Å². The average molecular weight is 389 g/mol. The fourth-order valence-corrected chi connectivity index (χ4v) is 5.74. The molecule has 2 rings (SSSR count). The van der Waals surface area contributed by atoms with E-state index in [2.05, 4.69) is 0 Å². The Kier molecular flexibility index (Phi) is 5.60. The minimum Gasteiger partial charge on any atom is -0.211 e. The summed E-state index contributed by atoms with van der Waals surface area (Å²) in [6.45, 7) is 3.59. The van der Waals surface area contributed by atoms with Crippen molar-refractivity contribution >= 4 is 20.0 Å². The van der Waals surface area contributed by atoms with Crippen LogP contribution >= 0.6 is 0 Å². The molecule has 2 aromatic rings. The fraction of sp³-hybridized carbons (Fsp3) is 0.250. The van der Waals surface area contributed by atoms with E-state index in [0.717, 1.165) is 23.3 Å². The van der Waals surface area contributed by atoms with Crippen LogP contribution in [0.1, 0.15) is 22.3 Å². The van der Waals surface area contributed by atoms with Crippen molar-refractivity contribution in [1.82, 2.24) is 4.13 Å². The fourth-order valence-electron chi connectivity index (χ4n) is 2.47. The van der Waals surface area contributed by atoms with Crippen LogP contribution in [0.15, 0.2) is 36.4 Å². The summed E-state index contributed by atoms with van der Waals surface area (Å²) in [5.41, 5.74) is 1.81. The summed E-state index contributed by atoms with van der Waals surface area (Å²) >= 11 is 0. The Labute approximate surface area is 145 Å². The number of halogens is 2. The van der Waals surface area contributed by atoms with Crippen LogP contribution in [0.4, 0.5) is 8.78 Å². The van der Waals surface area contributed by atoms with Gasteiger partial charge in [0, 0.05) is 11.6 Å². The standard InChI is InChI=1S/C16H17F2NO4S2/c1-11-5-12(2)7-13(6-11)9-24(20,21)19-25(22,23)10-14-3-4-15(17)8-16(14)18/h3-8,19H,9-10H2,1-2H3. The lowest BCUT2D eigenvalue weighted by atomic mass is 10.1. The zero-order valence-electron chi connectivity index (χ0n) is 13.6. The Morgan fingerprint density at radius 3 is 1.96 bits per heavy atom. The molecule has 0 unspecified atom stereocenters. The zero-order chi connectivity index (χ0) is 18.8. The normalized spacial score (nSPS) is 12.3. The van der Waals surface area contributed by atoms with Gasteiger partial charge in [-0.25, -0.2) is 25.6 Å². The molecule has 2 aromatic carbocycles. The number of benzene rings is 2. The number of nitrogens with one attached hydrogen (secondary N) is 1. The van der Waals surface area contributed by atoms with Crippen molar-refractivity contribution in [1.29, 1.82) is 0 Å². The molecular formula is C16H17F2NO4S2. The van der Waals surface area contributed by atoms with Crippen molar-refractivity contribution in [3.8, 4) is 0 Å². The van der Waals surface area contributed by atoms with Crippen LogP contribution < -0.4 is 4.13 Å². The first-order valence-corrected chi connectivity index (χ1v) is 10.5. The predicted molar refractivity (Wildman–Crippen MR) is 90.7 cm³/mol. The monoisotopic (exact) mass is 389 g/mol. The highest BCUT2D eigenvalue weighted by atomic mass is 32.3. The summed E-state index contributed by atoms with van der Waals surface area (Å²) in [5.74, 6) is -3.35. The number of hydrogen-bond acceptors (Lipinski definition) is 4. The molecule has 0 saturated heterocycles. The molecule has 0 aliphatic rings. The van der Waals surface area contributed by atoms with Crippen LogP contribution in [0.2, 0.25) is 0 Å². The van der Waals surface area contributed by atoms with Gasteiger partial charge in [0.2, 0.25) is 20.0 Å². The van der Waals surface area contributed by atoms with E-state index in [9.17, 15) is 25.6 Å². The second kappa shape index (κ2) is 7.19. The van der Waals surface area contributed by atoms with Gasteiger partial charge in [0.05, 0.1) is 11.5 Å². The smallest absolute Gasteiger partial charge is 0.211 e. The molecule has 0 aliphatic carbocycles. The van der Waals surface area contributed by atoms with Crippen molar-refractivity contribution in [3.63, 3.8) is 0 Å². The molecule has 0 aromatic heterocycles. The van der Waals surface area contributed by atoms with Gasteiger partial charge in [0.15, 0.2) is 0 Å². The molecule has 136 valence electrons. The van der Waals surface area contributed by atoms with Gasteiger partial charge in [-0.3, -0.25) is 0 Å². The summed E-state index contributed by atoms with van der Waals surface area (Å²) in [5, 5.41) is 0. The van der Waals surface area contributed by atoms with E-state index in [4.69, 9.17) is 0 Å². The van der Waals surface area contributed by atoms with Gasteiger partial charge < -0.3 is 0 Å². The topological polar surface area (TPSA) is 80.3 Å². The highest BCUT2D eigenvalue weighted by Crippen LogP contribution is 2.15. The molecule has 0 heterocycles. The molecule has 0 saturated carbocycles. The lowest BCUT2D eigenvalue weighted by Crippen LogP contribution is -2.32. The van der Waals surface area contributed by atoms with E-state index in [-0.39, 0.29) is 5.56 Å². The third kappa shape index (κ3) is 5.87. The molecule has 0 radical (unpaired) electrons. The van der Waals surface area contributed by atoms with Crippen LogP contribution in [0.5, 0.6) is 0 Å². The number of sulfonamides is 2. The van der Waals surface area contributed by atoms with Crippen LogP contribution in [0.25, 0.3) is 0 Å². The maximum atomic E-state index is 13.6. The Balaban J connectivity index is 2.17. The molecule has 5 nitrogen and oxygen atoms in total. The first-order valence-electron chi connectivity index (χ1n) is 7.21. The van der Waals surface area contributed by atoms with Crippen molar-refractivity contribution in [3.05, 3.63) is 70.3 Å². The first-order chi connectivity index (χ1) is 11.5. The van der Waals surface area contributed by atoms with Gasteiger partial charge in [0.1, 0.15) is 11.6 Å². The molecule has 0 spiro atoms. The van der Waals surface area contributed by atoms with E-state index in [1.54, 1.807) is 30.1 Å². The highest BCUT2D eigenvalue weighted by molar-refractivity contribution is 8.03. The largest absolute Gasteiger partial charge is 0.228 e. The zero-order valence-corrected chi connectivity index (χ0v) is 15.2. The van der Waals surface area contributed by atoms with Gasteiger partial charge in [-0.2, -0.15) is 0 Å². The van der Waals surface area contributed by atoms with Crippen LogP contribution in [0, 0.1) is 25.5 Å². The molecule has 0 fully saturated rings. The Morgan fingerprint density at radius 1 is 0.840 bits per heavy atom. The SMILES string of the molecule is Cc1cc(C)cc(CS(=O)(=O)NS(=O)(=O)Cc2ccc(F)cc2F)c1. The summed E-state index contributed by atoms with van der Waals surface area (Å²) in [6, 6.07) is 7.53. The lowest BCUT2D eigenvalue weighted by Gasteiger charge is -2.10. The molecule has 25 heavy (non-hydrogen) atoms. The summed E-state index contributed by atoms with van der Waals surface area (Å²) in [7, 11) is -8.57. The third-order valence-electron chi connectivity index (χ3n) is 3.25. The Bertz CT molecular complexity index is 983. The van der Waals surface area contributed by atoms with Crippen molar-refractivity contribution < 1.29 is 25.6 Å². The van der Waals surface area contributed by atoms with Gasteiger partial charge in [-0.05, 0) is 25.5 Å². The first kappa shape index (κ1) is 19.5. The molecule has 0 aliphatic heterocycles. The van der Waals surface area contributed by atoms with Crippen molar-refractivity contribution in [2.75, 3.05) is 0 Å². The van der Waals surface area contributed by atoms with Crippen molar-refractivity contribution in [2.24, 2.45) is 0 Å². The third-order valence-corrected chi connectivity index (χ3v) is 6.69. The second-order valence-electron chi connectivity index (χ2n) is 5.83. The maximum Gasteiger partial charge on any atom is 0.228 e. The Morgan fingerprint density at radius 2 is 1.40 bits per heavy atom. The predicted octanol–water partition coefficient (Wildman–Crippen LogP) is 2.53. The minimum absolute atomic E-state index is 0.324. The molecule has 0 atom stereocenters. The summed E-state index contributed by atoms with van der Waals surface area (Å²) in [6.07, 6.45) is 0. The van der Waals surface area contributed by atoms with Gasteiger partial charge in [-0.1, -0.05) is 35.4 Å². The highest BCUT2D eigenvalue weighted by Gasteiger charge is 2.23.